The second-order valence-electron chi connectivity index (χ2n) is 5.71. The second-order valence-corrected chi connectivity index (χ2v) is 5.71. The van der Waals surface area contributed by atoms with Gasteiger partial charge in [-0.1, -0.05) is 30.3 Å². The Kier molecular flexibility index (Phi) is 3.14. The maximum atomic E-state index is 10.2. The van der Waals surface area contributed by atoms with E-state index in [0.717, 1.165) is 12.8 Å². The molecule has 0 aromatic heterocycles. The van der Waals surface area contributed by atoms with Crippen molar-refractivity contribution < 1.29 is 19.3 Å². The standard InChI is InChI=1S/C15H20O4/c1-14-10-17-15(2,13(14)16)19-12(18-14)9-8-11-6-4-3-5-7-11/h3-7,12-13,16H,8-10H2,1-2H3/t12-,13-,14-,15-/m0/s1. The van der Waals surface area contributed by atoms with Crippen LogP contribution in [0.1, 0.15) is 25.8 Å². The summed E-state index contributed by atoms with van der Waals surface area (Å²) in [4.78, 5) is 0. The summed E-state index contributed by atoms with van der Waals surface area (Å²) in [5.41, 5.74) is 0.596. The Hall–Kier alpha value is -0.940. The van der Waals surface area contributed by atoms with Gasteiger partial charge in [-0.15, -0.1) is 0 Å². The molecule has 1 N–H and O–H groups in total. The third-order valence-electron chi connectivity index (χ3n) is 4.00. The van der Waals surface area contributed by atoms with Crippen LogP contribution in [0.5, 0.6) is 0 Å². The van der Waals surface area contributed by atoms with Crippen LogP contribution in [0.3, 0.4) is 0 Å². The maximum Gasteiger partial charge on any atom is 0.197 e. The lowest BCUT2D eigenvalue weighted by Crippen LogP contribution is -2.58. The largest absolute Gasteiger partial charge is 0.384 e. The summed E-state index contributed by atoms with van der Waals surface area (Å²) < 4.78 is 17.2. The molecule has 4 atom stereocenters. The van der Waals surface area contributed by atoms with Crippen molar-refractivity contribution in [3.63, 3.8) is 0 Å². The van der Waals surface area contributed by atoms with E-state index in [2.05, 4.69) is 12.1 Å². The van der Waals surface area contributed by atoms with Crippen molar-refractivity contribution in [2.45, 2.75) is 50.5 Å². The summed E-state index contributed by atoms with van der Waals surface area (Å²) in [5.74, 6) is -0.936. The molecule has 1 aromatic rings. The van der Waals surface area contributed by atoms with E-state index in [4.69, 9.17) is 14.2 Å². The van der Waals surface area contributed by atoms with Gasteiger partial charge >= 0.3 is 0 Å². The topological polar surface area (TPSA) is 47.9 Å². The first-order chi connectivity index (χ1) is 9.02. The molecule has 0 saturated carbocycles. The molecule has 104 valence electrons. The Morgan fingerprint density at radius 3 is 2.63 bits per heavy atom. The first-order valence-corrected chi connectivity index (χ1v) is 6.73. The summed E-state index contributed by atoms with van der Waals surface area (Å²) in [6.07, 6.45) is 0.563. The highest BCUT2D eigenvalue weighted by Crippen LogP contribution is 2.43. The number of benzene rings is 1. The van der Waals surface area contributed by atoms with Gasteiger partial charge in [0.2, 0.25) is 0 Å². The third-order valence-corrected chi connectivity index (χ3v) is 4.00. The Balaban J connectivity index is 1.65. The van der Waals surface area contributed by atoms with Crippen LogP contribution in [0, 0.1) is 0 Å². The number of hydrogen-bond acceptors (Lipinski definition) is 4. The van der Waals surface area contributed by atoms with Crippen LogP contribution in [0.15, 0.2) is 30.3 Å². The predicted octanol–water partition coefficient (Wildman–Crippen LogP) is 1.86. The van der Waals surface area contributed by atoms with Crippen LogP contribution in [0.2, 0.25) is 0 Å². The van der Waals surface area contributed by atoms with Gasteiger partial charge in [-0.3, -0.25) is 0 Å². The van der Waals surface area contributed by atoms with Crippen molar-refractivity contribution in [2.24, 2.45) is 0 Å². The fraction of sp³-hybridized carbons (Fsp3) is 0.600. The minimum Gasteiger partial charge on any atom is -0.384 e. The normalized spacial score (nSPS) is 41.4. The van der Waals surface area contributed by atoms with Crippen molar-refractivity contribution in [1.82, 2.24) is 0 Å². The minimum absolute atomic E-state index is 0.332. The maximum absolute atomic E-state index is 10.2. The zero-order valence-electron chi connectivity index (χ0n) is 11.3. The second kappa shape index (κ2) is 4.56. The van der Waals surface area contributed by atoms with E-state index >= 15 is 0 Å². The molecule has 19 heavy (non-hydrogen) atoms. The van der Waals surface area contributed by atoms with E-state index in [1.807, 2.05) is 25.1 Å². The number of hydrogen-bond donors (Lipinski definition) is 1. The molecule has 0 aliphatic carbocycles. The fourth-order valence-electron chi connectivity index (χ4n) is 2.83. The van der Waals surface area contributed by atoms with Gasteiger partial charge in [-0.25, -0.2) is 0 Å². The van der Waals surface area contributed by atoms with Gasteiger partial charge in [0.1, 0.15) is 11.7 Å². The van der Waals surface area contributed by atoms with Gasteiger partial charge in [0.05, 0.1) is 6.61 Å². The van der Waals surface area contributed by atoms with Gasteiger partial charge < -0.3 is 19.3 Å². The molecule has 2 aliphatic rings. The Bertz CT molecular complexity index is 429. The van der Waals surface area contributed by atoms with Crippen LogP contribution < -0.4 is 0 Å². The summed E-state index contributed by atoms with van der Waals surface area (Å²) in [6.45, 7) is 4.02. The first kappa shape index (κ1) is 13.1. The molecule has 2 saturated heterocycles. The molecule has 2 bridgehead atoms. The number of fused-ring (bicyclic) bond motifs is 2. The number of aryl methyl sites for hydroxylation is 1. The average Bonchev–Trinajstić information content (AvgIpc) is 2.56. The van der Waals surface area contributed by atoms with Crippen molar-refractivity contribution in [3.05, 3.63) is 35.9 Å². The third kappa shape index (κ3) is 2.30. The highest BCUT2D eigenvalue weighted by Gasteiger charge is 2.60. The molecular weight excluding hydrogens is 244 g/mol. The Morgan fingerprint density at radius 1 is 1.21 bits per heavy atom. The lowest BCUT2D eigenvalue weighted by molar-refractivity contribution is -0.357. The van der Waals surface area contributed by atoms with Gasteiger partial charge in [0.25, 0.3) is 0 Å². The minimum atomic E-state index is -0.936. The molecule has 0 radical (unpaired) electrons. The Labute approximate surface area is 113 Å². The summed E-state index contributed by atoms with van der Waals surface area (Å²) in [7, 11) is 0. The zero-order valence-corrected chi connectivity index (χ0v) is 11.3. The van der Waals surface area contributed by atoms with Crippen LogP contribution in [-0.2, 0) is 20.6 Å². The quantitative estimate of drug-likeness (QED) is 0.905. The van der Waals surface area contributed by atoms with Gasteiger partial charge in [0.15, 0.2) is 12.1 Å². The van der Waals surface area contributed by atoms with Crippen molar-refractivity contribution >= 4 is 0 Å². The van der Waals surface area contributed by atoms with Crippen molar-refractivity contribution in [3.8, 4) is 0 Å². The molecule has 3 rings (SSSR count). The molecule has 2 heterocycles. The van der Waals surface area contributed by atoms with Crippen LogP contribution in [0.4, 0.5) is 0 Å². The van der Waals surface area contributed by atoms with Gasteiger partial charge in [-0.05, 0) is 25.8 Å². The van der Waals surface area contributed by atoms with E-state index in [1.54, 1.807) is 6.92 Å². The number of aliphatic hydroxyl groups excluding tert-OH is 1. The van der Waals surface area contributed by atoms with E-state index in [-0.39, 0.29) is 6.29 Å². The van der Waals surface area contributed by atoms with Gasteiger partial charge in [0, 0.05) is 6.42 Å². The average molecular weight is 264 g/mol. The predicted molar refractivity (Wildman–Crippen MR) is 69.5 cm³/mol. The van der Waals surface area contributed by atoms with Crippen molar-refractivity contribution in [2.75, 3.05) is 6.61 Å². The van der Waals surface area contributed by atoms with E-state index < -0.39 is 17.5 Å². The zero-order chi connectivity index (χ0) is 13.5. The van der Waals surface area contributed by atoms with E-state index in [1.165, 1.54) is 5.56 Å². The SMILES string of the molecule is C[C@]12OC[C@](C)(O[C@H](CCc3ccccc3)O1)[C@@H]2O. The first-order valence-electron chi connectivity index (χ1n) is 6.73. The van der Waals surface area contributed by atoms with Crippen molar-refractivity contribution in [1.29, 1.82) is 0 Å². The molecule has 0 spiro atoms. The highest BCUT2D eigenvalue weighted by molar-refractivity contribution is 5.14. The number of ether oxygens (including phenoxy) is 3. The smallest absolute Gasteiger partial charge is 0.197 e. The molecule has 0 amide bonds. The highest BCUT2D eigenvalue weighted by atomic mass is 16.8. The monoisotopic (exact) mass is 264 g/mol. The van der Waals surface area contributed by atoms with E-state index in [9.17, 15) is 5.11 Å². The lowest BCUT2D eigenvalue weighted by atomic mass is 9.95. The summed E-state index contributed by atoms with van der Waals surface area (Å²) in [6, 6.07) is 10.2. The molecule has 1 aromatic carbocycles. The Morgan fingerprint density at radius 2 is 1.95 bits per heavy atom. The molecule has 2 fully saturated rings. The lowest BCUT2D eigenvalue weighted by Gasteiger charge is -2.42. The fourth-order valence-corrected chi connectivity index (χ4v) is 2.83. The molecule has 2 aliphatic heterocycles. The van der Waals surface area contributed by atoms with E-state index in [0.29, 0.717) is 6.61 Å². The summed E-state index contributed by atoms with van der Waals surface area (Å²) in [5, 5.41) is 10.2. The number of rotatable bonds is 3. The van der Waals surface area contributed by atoms with Crippen LogP contribution in [0.25, 0.3) is 0 Å². The molecular formula is C15H20O4. The molecule has 4 nitrogen and oxygen atoms in total. The summed E-state index contributed by atoms with van der Waals surface area (Å²) >= 11 is 0. The number of aliphatic hydroxyl groups is 1. The van der Waals surface area contributed by atoms with Crippen LogP contribution in [-0.4, -0.2) is 35.5 Å². The molecule has 4 heteroatoms. The molecule has 0 unspecified atom stereocenters. The van der Waals surface area contributed by atoms with Gasteiger partial charge in [-0.2, -0.15) is 0 Å². The van der Waals surface area contributed by atoms with Crippen LogP contribution >= 0.6 is 0 Å².